The molecule has 0 radical (unpaired) electrons. The van der Waals surface area contributed by atoms with E-state index in [4.69, 9.17) is 5.11 Å². The predicted octanol–water partition coefficient (Wildman–Crippen LogP) is 2.46. The van der Waals surface area contributed by atoms with Crippen LogP contribution in [0.3, 0.4) is 0 Å². The normalized spacial score (nSPS) is 16.1. The number of likely N-dealkylation sites (N-methyl/N-ethyl adjacent to an activating group) is 1. The fourth-order valence-corrected chi connectivity index (χ4v) is 4.85. The van der Waals surface area contributed by atoms with Crippen molar-refractivity contribution in [3.63, 3.8) is 0 Å². The molecule has 1 aliphatic rings. The first kappa shape index (κ1) is 22.7. The lowest BCUT2D eigenvalue weighted by Crippen LogP contribution is -2.47. The first-order valence-electron chi connectivity index (χ1n) is 10.8. The molecule has 1 atom stereocenters. The molecule has 4 aromatic rings. The molecule has 0 saturated carbocycles. The van der Waals surface area contributed by atoms with E-state index in [1.54, 1.807) is 42.7 Å². The molecule has 2 N–H and O–H groups in total. The molecule has 1 aromatic carbocycles. The standard InChI is InChI=1S/C23H24FN7O2S/c1-29-8-10-30(11-9-29)34(33)23-5-2-16-14-25-22(13-21(16)27-23)26-20-4-3-18(12-19(20)24)31-7-6-17(15-32)28-31/h2-7,12-14,32H,8-11,15H2,1H3,(H,25,26). The van der Waals surface area contributed by atoms with Crippen molar-refractivity contribution in [2.75, 3.05) is 38.5 Å². The average molecular weight is 482 g/mol. The van der Waals surface area contributed by atoms with Gasteiger partial charge in [0.15, 0.2) is 0 Å². The molecule has 9 nitrogen and oxygen atoms in total. The van der Waals surface area contributed by atoms with E-state index in [0.717, 1.165) is 31.6 Å². The molecule has 11 heteroatoms. The number of pyridine rings is 2. The number of aliphatic hydroxyl groups excluding tert-OH is 1. The molecular formula is C23H24FN7O2S. The highest BCUT2D eigenvalue weighted by molar-refractivity contribution is 7.89. The summed E-state index contributed by atoms with van der Waals surface area (Å²) in [7, 11) is 2.05. The molecule has 1 fully saturated rings. The maximum atomic E-state index is 14.8. The van der Waals surface area contributed by atoms with Crippen LogP contribution in [0, 0.1) is 5.82 Å². The van der Waals surface area contributed by atoms with Gasteiger partial charge in [0.2, 0.25) is 0 Å². The van der Waals surface area contributed by atoms with E-state index in [1.165, 1.54) is 10.7 Å². The van der Waals surface area contributed by atoms with Gasteiger partial charge in [-0.1, -0.05) is 0 Å². The minimum absolute atomic E-state index is 0.179. The second-order valence-electron chi connectivity index (χ2n) is 8.09. The van der Waals surface area contributed by atoms with Crippen LogP contribution in [-0.4, -0.2) is 71.8 Å². The Hall–Kier alpha value is -3.09. The number of fused-ring (bicyclic) bond motifs is 1. The van der Waals surface area contributed by atoms with Crippen molar-refractivity contribution in [2.24, 2.45) is 0 Å². The van der Waals surface area contributed by atoms with E-state index in [2.05, 4.69) is 32.3 Å². The molecule has 5 rings (SSSR count). The van der Waals surface area contributed by atoms with Crippen molar-refractivity contribution in [1.29, 1.82) is 0 Å². The number of anilines is 2. The highest BCUT2D eigenvalue weighted by Gasteiger charge is 2.27. The Morgan fingerprint density at radius 3 is 2.68 bits per heavy atom. The Bertz CT molecular complexity index is 1310. The average Bonchev–Trinajstić information content (AvgIpc) is 3.34. The van der Waals surface area contributed by atoms with E-state index in [9.17, 15) is 8.94 Å². The molecule has 4 heterocycles. The maximum absolute atomic E-state index is 14.8. The van der Waals surface area contributed by atoms with Crippen LogP contribution in [0.2, 0.25) is 0 Å². The van der Waals surface area contributed by atoms with Crippen molar-refractivity contribution in [3.05, 3.63) is 66.4 Å². The Morgan fingerprint density at radius 2 is 1.94 bits per heavy atom. The van der Waals surface area contributed by atoms with E-state index in [-0.39, 0.29) is 12.3 Å². The summed E-state index contributed by atoms with van der Waals surface area (Å²) in [5.41, 5.74) is 1.92. The largest absolute Gasteiger partial charge is 0.592 e. The number of hydrogen-bond donors (Lipinski definition) is 2. The first-order chi connectivity index (χ1) is 16.5. The van der Waals surface area contributed by atoms with Gasteiger partial charge in [0.05, 0.1) is 42.3 Å². The number of hydrogen-bond acceptors (Lipinski definition) is 8. The summed E-state index contributed by atoms with van der Waals surface area (Å²) in [6.07, 6.45) is 3.31. The molecule has 1 saturated heterocycles. The molecule has 1 aliphatic heterocycles. The second kappa shape index (κ2) is 9.65. The maximum Gasteiger partial charge on any atom is 0.266 e. The highest BCUT2D eigenvalue weighted by atomic mass is 32.2. The van der Waals surface area contributed by atoms with Crippen LogP contribution >= 0.6 is 0 Å². The number of nitrogens with one attached hydrogen (secondary N) is 1. The van der Waals surface area contributed by atoms with Gasteiger partial charge >= 0.3 is 0 Å². The number of piperazine rings is 1. The number of aliphatic hydroxyl groups is 1. The van der Waals surface area contributed by atoms with E-state index >= 15 is 0 Å². The molecule has 0 bridgehead atoms. The Labute approximate surface area is 199 Å². The summed E-state index contributed by atoms with van der Waals surface area (Å²) in [4.78, 5) is 11.2. The van der Waals surface area contributed by atoms with Crippen LogP contribution in [0.1, 0.15) is 5.69 Å². The number of rotatable bonds is 6. The lowest BCUT2D eigenvalue weighted by atomic mass is 10.2. The van der Waals surface area contributed by atoms with Crippen molar-refractivity contribution in [2.45, 2.75) is 11.6 Å². The Kier molecular flexibility index (Phi) is 6.44. The van der Waals surface area contributed by atoms with Gasteiger partial charge in [-0.25, -0.2) is 19.0 Å². The number of nitrogens with zero attached hydrogens (tertiary/aromatic N) is 6. The molecular weight excluding hydrogens is 457 g/mol. The Morgan fingerprint density at radius 1 is 1.12 bits per heavy atom. The lowest BCUT2D eigenvalue weighted by molar-refractivity contribution is 0.222. The smallest absolute Gasteiger partial charge is 0.266 e. The van der Waals surface area contributed by atoms with Gasteiger partial charge in [0, 0.05) is 49.1 Å². The predicted molar refractivity (Wildman–Crippen MR) is 128 cm³/mol. The Balaban J connectivity index is 1.35. The van der Waals surface area contributed by atoms with Crippen LogP contribution in [0.4, 0.5) is 15.9 Å². The van der Waals surface area contributed by atoms with Crippen LogP contribution in [0.25, 0.3) is 16.6 Å². The van der Waals surface area contributed by atoms with Gasteiger partial charge in [-0.3, -0.25) is 0 Å². The van der Waals surface area contributed by atoms with Gasteiger partial charge in [0.25, 0.3) is 5.03 Å². The molecule has 34 heavy (non-hydrogen) atoms. The monoisotopic (exact) mass is 481 g/mol. The minimum atomic E-state index is -1.34. The summed E-state index contributed by atoms with van der Waals surface area (Å²) in [5.74, 6) is -0.0471. The fraction of sp³-hybridized carbons (Fsp3) is 0.261. The third-order valence-electron chi connectivity index (χ3n) is 5.71. The molecule has 0 amide bonds. The van der Waals surface area contributed by atoms with Gasteiger partial charge < -0.3 is 19.9 Å². The summed E-state index contributed by atoms with van der Waals surface area (Å²) in [6, 6.07) is 11.7. The van der Waals surface area contributed by atoms with Crippen LogP contribution < -0.4 is 5.32 Å². The van der Waals surface area contributed by atoms with Crippen LogP contribution in [0.15, 0.2) is 59.9 Å². The quantitative estimate of drug-likeness (QED) is 0.405. The van der Waals surface area contributed by atoms with Crippen molar-refractivity contribution in [3.8, 4) is 5.69 Å². The van der Waals surface area contributed by atoms with E-state index in [1.807, 2.05) is 10.4 Å². The van der Waals surface area contributed by atoms with Crippen LogP contribution in [0.5, 0.6) is 0 Å². The van der Waals surface area contributed by atoms with Crippen molar-refractivity contribution in [1.82, 2.24) is 29.0 Å². The topological polar surface area (TPSA) is 105 Å². The number of aromatic nitrogens is 4. The van der Waals surface area contributed by atoms with Crippen molar-refractivity contribution >= 4 is 33.8 Å². The number of benzene rings is 1. The van der Waals surface area contributed by atoms with Gasteiger partial charge in [-0.2, -0.15) is 5.10 Å². The molecule has 1 unspecified atom stereocenters. The SMILES string of the molecule is CN1CCN([S+]([O-])c2ccc3cnc(Nc4ccc(-n5ccc(CO)n5)cc4F)cc3n2)CC1. The second-order valence-corrected chi connectivity index (χ2v) is 9.53. The first-order valence-corrected chi connectivity index (χ1v) is 12.0. The minimum Gasteiger partial charge on any atom is -0.592 e. The fourth-order valence-electron chi connectivity index (χ4n) is 3.73. The zero-order valence-electron chi connectivity index (χ0n) is 18.6. The zero-order chi connectivity index (χ0) is 23.7. The van der Waals surface area contributed by atoms with Gasteiger partial charge in [-0.15, -0.1) is 4.31 Å². The van der Waals surface area contributed by atoms with Gasteiger partial charge in [-0.05, 0) is 31.3 Å². The zero-order valence-corrected chi connectivity index (χ0v) is 19.4. The summed E-state index contributed by atoms with van der Waals surface area (Å²) in [5, 5.41) is 17.6. The molecule has 0 spiro atoms. The lowest BCUT2D eigenvalue weighted by Gasteiger charge is -2.31. The summed E-state index contributed by atoms with van der Waals surface area (Å²) < 4.78 is 31.2. The van der Waals surface area contributed by atoms with E-state index < -0.39 is 17.2 Å². The molecule has 0 aliphatic carbocycles. The highest BCUT2D eigenvalue weighted by Crippen LogP contribution is 2.25. The number of halogens is 1. The van der Waals surface area contributed by atoms with E-state index in [0.29, 0.717) is 27.7 Å². The third-order valence-corrected chi connectivity index (χ3v) is 7.13. The molecule has 3 aromatic heterocycles. The molecule has 176 valence electrons. The third kappa shape index (κ3) is 4.74. The van der Waals surface area contributed by atoms with Gasteiger partial charge in [0.1, 0.15) is 23.0 Å². The summed E-state index contributed by atoms with van der Waals surface area (Å²) >= 11 is -1.34. The van der Waals surface area contributed by atoms with Crippen molar-refractivity contribution < 1.29 is 14.0 Å². The summed E-state index contributed by atoms with van der Waals surface area (Å²) in [6.45, 7) is 3.00. The van der Waals surface area contributed by atoms with Crippen LogP contribution in [-0.2, 0) is 18.0 Å².